The summed E-state index contributed by atoms with van der Waals surface area (Å²) in [6.07, 6.45) is 18.6. The van der Waals surface area contributed by atoms with Gasteiger partial charge in [0.25, 0.3) is 0 Å². The number of carbonyl (C=O) groups excluding carboxylic acids is 6. The number of carboxylic acids is 5. The Kier molecular flexibility index (Phi) is 33.2. The highest BCUT2D eigenvalue weighted by molar-refractivity contribution is 5.88. The van der Waals surface area contributed by atoms with E-state index in [0.717, 1.165) is 38.5 Å². The van der Waals surface area contributed by atoms with Gasteiger partial charge in [-0.1, -0.05) is 89.9 Å². The van der Waals surface area contributed by atoms with Gasteiger partial charge in [-0.15, -0.1) is 0 Å². The van der Waals surface area contributed by atoms with Crippen LogP contribution in [0.15, 0.2) is 0 Å². The number of hydrogen-bond donors (Lipinski definition) is 10. The van der Waals surface area contributed by atoms with Crippen LogP contribution in [-0.2, 0) is 52.7 Å². The standard InChI is InChI=1S/C48H79N5O16/c54-31-17-18-35(45(62)63)50-40(56)28-25-36(46(64)65)51-41(57)29-26-37(47(66)67)52-42(58)30-27-38(48(68)69)53-44(61)34-23-21-33(22-24-34)32-49-39(55)19-15-13-11-9-7-5-3-1-2-4-6-8-10-12-14-16-20-43(59)60/h31,33-38H,1-30,32H2,(H,49,55)(H,50,56)(H,51,57)(H,52,58)(H,53,61)(H,59,60)(H,62,63)(H,64,65)(H,66,67)(H,68,69)/t33-,34-,35-,36-,37-,38-/m0/s1. The molecule has 69 heavy (non-hydrogen) atoms. The average Bonchev–Trinajstić information content (AvgIpc) is 3.30. The predicted molar refractivity (Wildman–Crippen MR) is 250 cm³/mol. The monoisotopic (exact) mass is 982 g/mol. The molecule has 0 bridgehead atoms. The molecule has 1 rings (SSSR count). The van der Waals surface area contributed by atoms with Crippen molar-refractivity contribution in [3.05, 3.63) is 0 Å². The van der Waals surface area contributed by atoms with Gasteiger partial charge in [-0.3, -0.25) is 28.8 Å². The minimum atomic E-state index is -1.61. The fourth-order valence-electron chi connectivity index (χ4n) is 8.19. The number of hydrogen-bond acceptors (Lipinski definition) is 11. The molecule has 0 aromatic rings. The molecule has 0 aliphatic heterocycles. The van der Waals surface area contributed by atoms with Gasteiger partial charge in [0.2, 0.25) is 29.5 Å². The molecule has 392 valence electrons. The molecule has 0 spiro atoms. The Morgan fingerprint density at radius 2 is 0.739 bits per heavy atom. The highest BCUT2D eigenvalue weighted by Crippen LogP contribution is 2.29. The fraction of sp³-hybridized carbons (Fsp3) is 0.771. The van der Waals surface area contributed by atoms with Crippen molar-refractivity contribution >= 4 is 65.7 Å². The van der Waals surface area contributed by atoms with E-state index in [1.54, 1.807) is 0 Å². The Hall–Kier alpha value is -5.63. The molecular weight excluding hydrogens is 903 g/mol. The van der Waals surface area contributed by atoms with Gasteiger partial charge in [0.1, 0.15) is 30.5 Å². The second kappa shape index (κ2) is 37.3. The number of carbonyl (C=O) groups is 11. The minimum absolute atomic E-state index is 0.00595. The fourth-order valence-corrected chi connectivity index (χ4v) is 8.19. The third kappa shape index (κ3) is 31.2. The third-order valence-corrected chi connectivity index (χ3v) is 12.4. The van der Waals surface area contributed by atoms with E-state index in [4.69, 9.17) is 5.11 Å². The summed E-state index contributed by atoms with van der Waals surface area (Å²) in [5.41, 5.74) is 0. The van der Waals surface area contributed by atoms with Crippen LogP contribution in [0.3, 0.4) is 0 Å². The lowest BCUT2D eigenvalue weighted by atomic mass is 9.81. The van der Waals surface area contributed by atoms with Crippen LogP contribution in [0.1, 0.15) is 193 Å². The van der Waals surface area contributed by atoms with Crippen LogP contribution in [0.5, 0.6) is 0 Å². The molecule has 0 aromatic carbocycles. The number of nitrogens with one attached hydrogen (secondary N) is 5. The van der Waals surface area contributed by atoms with Crippen molar-refractivity contribution < 1.29 is 78.3 Å². The number of aliphatic carboxylic acids is 5. The molecule has 1 aliphatic carbocycles. The van der Waals surface area contributed by atoms with E-state index in [0.29, 0.717) is 44.9 Å². The summed E-state index contributed by atoms with van der Waals surface area (Å²) >= 11 is 0. The van der Waals surface area contributed by atoms with E-state index in [9.17, 15) is 73.2 Å². The topological polar surface area (TPSA) is 349 Å². The van der Waals surface area contributed by atoms with Gasteiger partial charge in [-0.25, -0.2) is 19.2 Å². The van der Waals surface area contributed by atoms with Gasteiger partial charge in [0.05, 0.1) is 0 Å². The van der Waals surface area contributed by atoms with E-state index in [2.05, 4.69) is 26.6 Å². The van der Waals surface area contributed by atoms with E-state index in [1.807, 2.05) is 0 Å². The first-order valence-electron chi connectivity index (χ1n) is 24.9. The lowest BCUT2D eigenvalue weighted by molar-refractivity contribution is -0.144. The van der Waals surface area contributed by atoms with Gasteiger partial charge >= 0.3 is 29.8 Å². The van der Waals surface area contributed by atoms with Crippen molar-refractivity contribution in [2.75, 3.05) is 6.54 Å². The van der Waals surface area contributed by atoms with Crippen LogP contribution in [0.25, 0.3) is 0 Å². The number of rotatable bonds is 42. The summed E-state index contributed by atoms with van der Waals surface area (Å²) in [6.45, 7) is 0.503. The van der Waals surface area contributed by atoms with Crippen LogP contribution in [0.4, 0.5) is 0 Å². The molecule has 4 atom stereocenters. The SMILES string of the molecule is O=CCC[C@H](NC(=O)CC[C@H](NC(=O)CC[C@H](NC(=O)CC[C@H](NC(=O)[C@H]1CC[C@H](CNC(=O)CCCCCCCCCCCCCCCCCCC(=O)O)CC1)C(=O)O)C(=O)O)C(=O)O)C(=O)O. The summed E-state index contributed by atoms with van der Waals surface area (Å²) in [5, 5.41) is 58.7. The van der Waals surface area contributed by atoms with Crippen LogP contribution in [-0.4, -0.2) is 122 Å². The molecule has 0 unspecified atom stereocenters. The zero-order valence-electron chi connectivity index (χ0n) is 40.2. The van der Waals surface area contributed by atoms with Gasteiger partial charge in [0, 0.05) is 51.0 Å². The molecule has 10 N–H and O–H groups in total. The third-order valence-electron chi connectivity index (χ3n) is 12.4. The molecule has 21 nitrogen and oxygen atoms in total. The van der Waals surface area contributed by atoms with Gasteiger partial charge < -0.3 is 56.9 Å². The summed E-state index contributed by atoms with van der Waals surface area (Å²) in [4.78, 5) is 131. The number of aldehydes is 1. The molecule has 5 amide bonds. The van der Waals surface area contributed by atoms with Crippen molar-refractivity contribution in [2.24, 2.45) is 11.8 Å². The van der Waals surface area contributed by atoms with Crippen molar-refractivity contribution in [3.63, 3.8) is 0 Å². The van der Waals surface area contributed by atoms with Crippen LogP contribution < -0.4 is 26.6 Å². The first kappa shape index (κ1) is 61.4. The maximum atomic E-state index is 13.0. The summed E-state index contributed by atoms with van der Waals surface area (Å²) in [6, 6.07) is -6.03. The second-order valence-corrected chi connectivity index (χ2v) is 18.2. The number of unbranched alkanes of at least 4 members (excludes halogenated alkanes) is 15. The van der Waals surface area contributed by atoms with Crippen LogP contribution in [0.2, 0.25) is 0 Å². The summed E-state index contributed by atoms with van der Waals surface area (Å²) in [7, 11) is 0. The first-order chi connectivity index (χ1) is 32.9. The second-order valence-electron chi connectivity index (χ2n) is 18.2. The largest absolute Gasteiger partial charge is 0.481 e. The molecule has 1 saturated carbocycles. The van der Waals surface area contributed by atoms with E-state index >= 15 is 0 Å². The average molecular weight is 982 g/mol. The molecule has 1 aliphatic rings. The zero-order chi connectivity index (χ0) is 51.4. The quantitative estimate of drug-likeness (QED) is 0.0295. The highest BCUT2D eigenvalue weighted by atomic mass is 16.4. The molecule has 1 fully saturated rings. The van der Waals surface area contributed by atoms with E-state index in [1.165, 1.54) is 64.2 Å². The normalized spacial score (nSPS) is 16.1. The van der Waals surface area contributed by atoms with Gasteiger partial charge in [-0.05, 0) is 70.1 Å². The van der Waals surface area contributed by atoms with Crippen molar-refractivity contribution in [2.45, 2.75) is 217 Å². The van der Waals surface area contributed by atoms with Gasteiger partial charge in [-0.2, -0.15) is 0 Å². The van der Waals surface area contributed by atoms with Crippen LogP contribution in [0, 0.1) is 11.8 Å². The maximum Gasteiger partial charge on any atom is 0.326 e. The van der Waals surface area contributed by atoms with Crippen molar-refractivity contribution in [1.82, 2.24) is 26.6 Å². The maximum absolute atomic E-state index is 13.0. The Morgan fingerprint density at radius 1 is 0.406 bits per heavy atom. The molecule has 0 saturated heterocycles. The highest BCUT2D eigenvalue weighted by Gasteiger charge is 2.31. The summed E-state index contributed by atoms with van der Waals surface area (Å²) < 4.78 is 0. The molecule has 0 heterocycles. The predicted octanol–water partition coefficient (Wildman–Crippen LogP) is 4.61. The van der Waals surface area contributed by atoms with Crippen molar-refractivity contribution in [1.29, 1.82) is 0 Å². The Morgan fingerprint density at radius 3 is 1.09 bits per heavy atom. The molecule has 21 heteroatoms. The number of carboxylic acid groups (broad SMARTS) is 5. The lowest BCUT2D eigenvalue weighted by Gasteiger charge is -2.28. The molecule has 0 aromatic heterocycles. The Bertz CT molecular complexity index is 1640. The van der Waals surface area contributed by atoms with Gasteiger partial charge in [0.15, 0.2) is 0 Å². The lowest BCUT2D eigenvalue weighted by Crippen LogP contribution is -2.46. The minimum Gasteiger partial charge on any atom is -0.481 e. The van der Waals surface area contributed by atoms with E-state index in [-0.39, 0.29) is 37.5 Å². The zero-order valence-corrected chi connectivity index (χ0v) is 40.2. The number of amides is 5. The van der Waals surface area contributed by atoms with Crippen molar-refractivity contribution in [3.8, 4) is 0 Å². The smallest absolute Gasteiger partial charge is 0.326 e. The molecule has 0 radical (unpaired) electrons. The Labute approximate surface area is 404 Å². The summed E-state index contributed by atoms with van der Waals surface area (Å²) in [5.74, 6) is -9.90. The van der Waals surface area contributed by atoms with Crippen LogP contribution >= 0.6 is 0 Å². The first-order valence-corrected chi connectivity index (χ1v) is 24.9. The molecular formula is C48H79N5O16. The van der Waals surface area contributed by atoms with E-state index < -0.39 is 116 Å². The Balaban J connectivity index is 2.29.